The van der Waals surface area contributed by atoms with Crippen molar-refractivity contribution in [3.63, 3.8) is 0 Å². The number of rotatable bonds is 3. The smallest absolute Gasteiger partial charge is 0.124 e. The van der Waals surface area contributed by atoms with Crippen LogP contribution in [0.15, 0.2) is 75.8 Å². The first-order valence-corrected chi connectivity index (χ1v) is 8.04. The second kappa shape index (κ2) is 7.42. The molecule has 0 heterocycles. The third-order valence-electron chi connectivity index (χ3n) is 3.28. The maximum Gasteiger partial charge on any atom is 0.124 e. The van der Waals surface area contributed by atoms with Crippen molar-refractivity contribution in [3.05, 3.63) is 60.7 Å². The van der Waals surface area contributed by atoms with Crippen LogP contribution in [0.3, 0.4) is 0 Å². The molecule has 3 aromatic rings. The van der Waals surface area contributed by atoms with Gasteiger partial charge in [-0.15, -0.1) is 5.11 Å². The molecule has 8 heteroatoms. The van der Waals surface area contributed by atoms with Crippen LogP contribution in [0.1, 0.15) is 0 Å². The molecule has 6 nitrogen and oxygen atoms in total. The van der Waals surface area contributed by atoms with Crippen molar-refractivity contribution < 1.29 is 18.1 Å². The zero-order valence-electron chi connectivity index (χ0n) is 12.7. The zero-order valence-corrected chi connectivity index (χ0v) is 15.6. The molecule has 0 amide bonds. The first-order chi connectivity index (χ1) is 10.9. The Kier molecular flexibility index (Phi) is 5.74. The fourth-order valence-corrected chi connectivity index (χ4v) is 2.61. The van der Waals surface area contributed by atoms with E-state index < -0.39 is 10.1 Å². The van der Waals surface area contributed by atoms with E-state index in [0.717, 1.165) is 5.39 Å². The van der Waals surface area contributed by atoms with Crippen LogP contribution in [0.5, 0.6) is 5.75 Å². The fraction of sp³-hybridized carbons (Fsp3) is 0. The van der Waals surface area contributed by atoms with Crippen molar-refractivity contribution in [1.82, 2.24) is 0 Å². The molecule has 0 unspecified atom stereocenters. The third kappa shape index (κ3) is 4.00. The van der Waals surface area contributed by atoms with Gasteiger partial charge >= 0.3 is 0 Å². The number of phenolic OH excluding ortho intramolecular Hbond substituents is 1. The summed E-state index contributed by atoms with van der Waals surface area (Å²) >= 11 is 0. The molecule has 0 aliphatic carbocycles. The Morgan fingerprint density at radius 1 is 0.833 bits per heavy atom. The van der Waals surface area contributed by atoms with Gasteiger partial charge in [-0.25, -0.2) is 8.42 Å². The summed E-state index contributed by atoms with van der Waals surface area (Å²) in [7, 11) is -4.47. The second-order valence-electron chi connectivity index (χ2n) is 4.80. The Labute approximate surface area is 160 Å². The van der Waals surface area contributed by atoms with Gasteiger partial charge in [-0.05, 0) is 36.4 Å². The van der Waals surface area contributed by atoms with Crippen molar-refractivity contribution in [3.8, 4) is 5.75 Å². The molecule has 0 atom stereocenters. The van der Waals surface area contributed by atoms with Gasteiger partial charge in [0.1, 0.15) is 15.9 Å². The van der Waals surface area contributed by atoms with E-state index in [9.17, 15) is 18.1 Å². The molecule has 1 N–H and O–H groups in total. The Hall–Kier alpha value is -1.77. The number of aromatic hydroxyl groups is 1. The van der Waals surface area contributed by atoms with Gasteiger partial charge in [0.15, 0.2) is 0 Å². The molecule has 1 radical (unpaired) electrons. The zero-order chi connectivity index (χ0) is 16.4. The predicted molar refractivity (Wildman–Crippen MR) is 89.9 cm³/mol. The van der Waals surface area contributed by atoms with Gasteiger partial charge in [0, 0.05) is 40.3 Å². The topological polar surface area (TPSA) is 102 Å². The summed E-state index contributed by atoms with van der Waals surface area (Å²) in [4.78, 5) is -0.313. The molecule has 0 saturated heterocycles. The number of azo groups is 1. The quantitative estimate of drug-likeness (QED) is 0.444. The molecule has 3 aromatic carbocycles. The number of phenols is 1. The summed E-state index contributed by atoms with van der Waals surface area (Å²) < 4.78 is 32.6. The summed E-state index contributed by atoms with van der Waals surface area (Å²) in [5.74, 6) is 0.157. The number of fused-ring (bicyclic) bond motifs is 1. The van der Waals surface area contributed by atoms with E-state index in [1.165, 1.54) is 30.3 Å². The Morgan fingerprint density at radius 3 is 2.08 bits per heavy atom. The Balaban J connectivity index is 0.00000208. The second-order valence-corrected chi connectivity index (χ2v) is 6.18. The van der Waals surface area contributed by atoms with Crippen LogP contribution in [0, 0.1) is 0 Å². The van der Waals surface area contributed by atoms with Gasteiger partial charge in [-0.1, -0.05) is 24.3 Å². The van der Waals surface area contributed by atoms with Crippen molar-refractivity contribution in [2.45, 2.75) is 4.90 Å². The van der Waals surface area contributed by atoms with E-state index in [0.29, 0.717) is 16.8 Å². The van der Waals surface area contributed by atoms with Gasteiger partial charge in [0.25, 0.3) is 0 Å². The SMILES string of the molecule is O=S(=O)([O-])c1ccc(N=Nc2ccc(O)c3ccccc23)cc1.[Na]. The van der Waals surface area contributed by atoms with Crippen LogP contribution < -0.4 is 0 Å². The van der Waals surface area contributed by atoms with Gasteiger partial charge in [-0.3, -0.25) is 0 Å². The van der Waals surface area contributed by atoms with Gasteiger partial charge in [0.05, 0.1) is 16.3 Å². The maximum atomic E-state index is 10.9. The van der Waals surface area contributed by atoms with E-state index >= 15 is 0 Å². The van der Waals surface area contributed by atoms with Gasteiger partial charge in [-0.2, -0.15) is 5.11 Å². The average Bonchev–Trinajstić information content (AvgIpc) is 2.54. The molecule has 0 fully saturated rings. The van der Waals surface area contributed by atoms with Gasteiger partial charge in [0.2, 0.25) is 0 Å². The normalized spacial score (nSPS) is 11.5. The number of hydrogen-bond acceptors (Lipinski definition) is 6. The minimum absolute atomic E-state index is 0. The number of nitrogens with zero attached hydrogens (tertiary/aromatic N) is 2. The van der Waals surface area contributed by atoms with E-state index in [1.807, 2.05) is 18.2 Å². The monoisotopic (exact) mass is 350 g/mol. The van der Waals surface area contributed by atoms with Crippen LogP contribution in [0.25, 0.3) is 10.8 Å². The van der Waals surface area contributed by atoms with Crippen LogP contribution in [0.2, 0.25) is 0 Å². The molecule has 0 saturated carbocycles. The van der Waals surface area contributed by atoms with E-state index in [2.05, 4.69) is 10.2 Å². The van der Waals surface area contributed by atoms with E-state index in [4.69, 9.17) is 0 Å². The predicted octanol–water partition coefficient (Wildman–Crippen LogP) is 3.48. The molecule has 0 aliphatic rings. The van der Waals surface area contributed by atoms with Crippen LogP contribution >= 0.6 is 0 Å². The Morgan fingerprint density at radius 2 is 1.46 bits per heavy atom. The van der Waals surface area contributed by atoms with E-state index in [-0.39, 0.29) is 40.2 Å². The van der Waals surface area contributed by atoms with Crippen LogP contribution in [0.4, 0.5) is 11.4 Å². The summed E-state index contributed by atoms with van der Waals surface area (Å²) in [6.45, 7) is 0. The average molecular weight is 350 g/mol. The largest absolute Gasteiger partial charge is 0.744 e. The van der Waals surface area contributed by atoms with Crippen LogP contribution in [-0.4, -0.2) is 47.6 Å². The third-order valence-corrected chi connectivity index (χ3v) is 4.13. The molecule has 0 spiro atoms. The van der Waals surface area contributed by atoms with Crippen molar-refractivity contribution in [1.29, 1.82) is 0 Å². The number of hydrogen-bond donors (Lipinski definition) is 1. The molecular weight excluding hydrogens is 339 g/mol. The van der Waals surface area contributed by atoms with Crippen molar-refractivity contribution in [2.75, 3.05) is 0 Å². The first-order valence-electron chi connectivity index (χ1n) is 6.63. The molecule has 0 aromatic heterocycles. The van der Waals surface area contributed by atoms with E-state index in [1.54, 1.807) is 12.1 Å². The van der Waals surface area contributed by atoms with Gasteiger partial charge < -0.3 is 9.66 Å². The minimum Gasteiger partial charge on any atom is -0.744 e. The molecule has 0 aliphatic heterocycles. The summed E-state index contributed by atoms with van der Waals surface area (Å²) in [5.41, 5.74) is 0.980. The minimum atomic E-state index is -4.47. The molecule has 0 bridgehead atoms. The molecule has 3 rings (SSSR count). The number of benzene rings is 3. The fourth-order valence-electron chi connectivity index (χ4n) is 2.15. The van der Waals surface area contributed by atoms with Crippen molar-refractivity contribution >= 4 is 61.8 Å². The molecule has 117 valence electrons. The molecule has 24 heavy (non-hydrogen) atoms. The maximum absolute atomic E-state index is 10.9. The summed E-state index contributed by atoms with van der Waals surface area (Å²) in [5, 5.41) is 19.4. The van der Waals surface area contributed by atoms with Crippen LogP contribution in [-0.2, 0) is 10.1 Å². The Bertz CT molecular complexity index is 1000. The van der Waals surface area contributed by atoms with Crippen molar-refractivity contribution in [2.24, 2.45) is 10.2 Å². The standard InChI is InChI=1S/C16H12N2O4S.Na/c19-16-10-9-15(13-3-1-2-4-14(13)16)18-17-11-5-7-12(8-6-11)23(20,21)22;/h1-10,19H,(H,20,21,22);/p-1. The molecular formula is C16H11N2NaO4S-. The summed E-state index contributed by atoms with van der Waals surface area (Å²) in [6.07, 6.45) is 0. The first kappa shape index (κ1) is 18.6. The summed E-state index contributed by atoms with van der Waals surface area (Å²) in [6, 6.07) is 15.6.